The molecule has 1 aliphatic heterocycles. The van der Waals surface area contributed by atoms with Gasteiger partial charge in [0.25, 0.3) is 0 Å². The zero-order valence-corrected chi connectivity index (χ0v) is 21.7. The van der Waals surface area contributed by atoms with Crippen molar-refractivity contribution in [3.8, 4) is 11.5 Å². The Morgan fingerprint density at radius 1 is 0.941 bits per heavy atom. The van der Waals surface area contributed by atoms with Crippen LogP contribution in [0.1, 0.15) is 27.7 Å². The average molecular weight is 501 g/mol. The van der Waals surface area contributed by atoms with Crippen molar-refractivity contribution in [3.63, 3.8) is 0 Å². The number of esters is 1. The van der Waals surface area contributed by atoms with E-state index in [0.29, 0.717) is 11.8 Å². The molecule has 0 amide bonds. The first-order valence-electron chi connectivity index (χ1n) is 11.3. The molecule has 0 aliphatic carbocycles. The average Bonchev–Trinajstić information content (AvgIpc) is 2.81. The van der Waals surface area contributed by atoms with E-state index in [9.17, 15) is 4.79 Å². The van der Waals surface area contributed by atoms with E-state index >= 15 is 0 Å². The number of carbonyl (C=O) groups is 1. The molecule has 1 N–H and O–H groups in total. The van der Waals surface area contributed by atoms with E-state index in [4.69, 9.17) is 9.84 Å². The topological polar surface area (TPSA) is 53.0 Å². The summed E-state index contributed by atoms with van der Waals surface area (Å²) in [5.41, 5.74) is 2.68. The van der Waals surface area contributed by atoms with Crippen molar-refractivity contribution in [2.45, 2.75) is 43.5 Å². The lowest BCUT2D eigenvalue weighted by atomic mass is 10.1. The number of phenolic OH excluding ortho intramolecular Hbond substituents is 1. The molecule has 1 aliphatic rings. The van der Waals surface area contributed by atoms with Crippen molar-refractivity contribution in [1.29, 1.82) is 0 Å². The largest absolute Gasteiger partial charge is 0.508 e. The second-order valence-electron chi connectivity index (χ2n) is 7.81. The third-order valence-corrected chi connectivity index (χ3v) is 6.64. The molecule has 0 spiro atoms. The Bertz CT molecular complexity index is 1010. The number of para-hydroxylation sites is 2. The Kier molecular flexibility index (Phi) is 10.8. The summed E-state index contributed by atoms with van der Waals surface area (Å²) in [6.07, 6.45) is 0. The first kappa shape index (κ1) is 27.6. The molecule has 5 nitrogen and oxygen atoms in total. The SMILES string of the molecule is CC(=O)Oc1ccc(O)cc1.CCN(CC)C(C)CN1c2ccccc2Sc2ccccc21.Cl. The molecule has 1 atom stereocenters. The highest BCUT2D eigenvalue weighted by Crippen LogP contribution is 2.47. The van der Waals surface area contributed by atoms with Crippen molar-refractivity contribution in [1.82, 2.24) is 4.90 Å². The fourth-order valence-electron chi connectivity index (χ4n) is 3.88. The van der Waals surface area contributed by atoms with Gasteiger partial charge in [-0.05, 0) is 68.5 Å². The van der Waals surface area contributed by atoms with Crippen LogP contribution < -0.4 is 9.64 Å². The molecule has 0 saturated heterocycles. The van der Waals surface area contributed by atoms with E-state index in [1.54, 1.807) is 0 Å². The summed E-state index contributed by atoms with van der Waals surface area (Å²) < 4.78 is 4.72. The number of phenols is 1. The number of carbonyl (C=O) groups excluding carboxylic acids is 1. The standard InChI is InChI=1S/C19H24N2S.C8H8O3.ClH/c1-4-20(5-2)15(3)14-21-16-10-6-8-12-18(16)22-19-13-9-7-11-17(19)21;1-6(9)11-8-4-2-7(10)3-5-8;/h6-13,15H,4-5,14H2,1-3H3;2-5,10H,1H3;1H. The molecule has 3 aromatic rings. The van der Waals surface area contributed by atoms with Crippen LogP contribution in [0.4, 0.5) is 11.4 Å². The normalized spacial score (nSPS) is 12.4. The smallest absolute Gasteiger partial charge is 0.308 e. The van der Waals surface area contributed by atoms with Crippen molar-refractivity contribution in [3.05, 3.63) is 72.8 Å². The molecule has 1 unspecified atom stereocenters. The molecular formula is C27H33ClN2O3S. The lowest BCUT2D eigenvalue weighted by Crippen LogP contribution is -2.41. The molecule has 182 valence electrons. The molecule has 0 fully saturated rings. The minimum atomic E-state index is -0.365. The van der Waals surface area contributed by atoms with Crippen molar-refractivity contribution in [2.24, 2.45) is 0 Å². The number of halogens is 1. The van der Waals surface area contributed by atoms with E-state index in [-0.39, 0.29) is 24.1 Å². The first-order chi connectivity index (χ1) is 15.9. The van der Waals surface area contributed by atoms with Gasteiger partial charge in [-0.15, -0.1) is 12.4 Å². The number of anilines is 2. The minimum absolute atomic E-state index is 0. The van der Waals surface area contributed by atoms with Gasteiger partial charge in [0.05, 0.1) is 11.4 Å². The molecule has 34 heavy (non-hydrogen) atoms. The summed E-state index contributed by atoms with van der Waals surface area (Å²) in [6.45, 7) is 11.4. The van der Waals surface area contributed by atoms with Crippen LogP contribution in [0.5, 0.6) is 11.5 Å². The van der Waals surface area contributed by atoms with Gasteiger partial charge in [0.15, 0.2) is 0 Å². The fraction of sp³-hybridized carbons (Fsp3) is 0.296. The maximum Gasteiger partial charge on any atom is 0.308 e. The number of likely N-dealkylation sites (N-methyl/N-ethyl adjacent to an activating group) is 1. The minimum Gasteiger partial charge on any atom is -0.508 e. The maximum atomic E-state index is 10.4. The third-order valence-electron chi connectivity index (χ3n) is 5.51. The predicted molar refractivity (Wildman–Crippen MR) is 143 cm³/mol. The monoisotopic (exact) mass is 500 g/mol. The quantitative estimate of drug-likeness (QED) is 0.298. The molecule has 0 saturated carbocycles. The van der Waals surface area contributed by atoms with Gasteiger partial charge in [-0.1, -0.05) is 49.9 Å². The van der Waals surface area contributed by atoms with Gasteiger partial charge < -0.3 is 14.7 Å². The van der Waals surface area contributed by atoms with Crippen molar-refractivity contribution < 1.29 is 14.6 Å². The number of nitrogens with zero attached hydrogens (tertiary/aromatic N) is 2. The van der Waals surface area contributed by atoms with Crippen LogP contribution in [-0.4, -0.2) is 41.7 Å². The van der Waals surface area contributed by atoms with Gasteiger partial charge in [-0.2, -0.15) is 0 Å². The second-order valence-corrected chi connectivity index (χ2v) is 8.89. The van der Waals surface area contributed by atoms with E-state index in [2.05, 4.69) is 79.1 Å². The zero-order chi connectivity index (χ0) is 23.8. The van der Waals surface area contributed by atoms with Crippen LogP contribution >= 0.6 is 24.2 Å². The number of benzene rings is 3. The summed E-state index contributed by atoms with van der Waals surface area (Å²) in [6, 6.07) is 24.0. The second kappa shape index (κ2) is 13.3. The van der Waals surface area contributed by atoms with Gasteiger partial charge in [0.1, 0.15) is 11.5 Å². The lowest BCUT2D eigenvalue weighted by molar-refractivity contribution is -0.131. The molecule has 0 bridgehead atoms. The van der Waals surface area contributed by atoms with Crippen molar-refractivity contribution in [2.75, 3.05) is 24.5 Å². The third kappa shape index (κ3) is 7.16. The van der Waals surface area contributed by atoms with Gasteiger partial charge >= 0.3 is 5.97 Å². The Morgan fingerprint density at radius 2 is 1.44 bits per heavy atom. The fourth-order valence-corrected chi connectivity index (χ4v) is 4.98. The van der Waals surface area contributed by atoms with Gasteiger partial charge in [-0.25, -0.2) is 0 Å². The van der Waals surface area contributed by atoms with E-state index in [1.165, 1.54) is 52.4 Å². The summed E-state index contributed by atoms with van der Waals surface area (Å²) in [4.78, 5) is 18.1. The Hall–Kier alpha value is -2.67. The first-order valence-corrected chi connectivity index (χ1v) is 12.1. The van der Waals surface area contributed by atoms with Crippen LogP contribution in [-0.2, 0) is 4.79 Å². The molecule has 7 heteroatoms. The summed E-state index contributed by atoms with van der Waals surface area (Å²) in [5, 5.41) is 8.85. The van der Waals surface area contributed by atoms with Crippen LogP contribution in [0.25, 0.3) is 0 Å². The van der Waals surface area contributed by atoms with Crippen LogP contribution in [0, 0.1) is 0 Å². The van der Waals surface area contributed by atoms with E-state index in [1.807, 2.05) is 11.8 Å². The molecule has 4 rings (SSSR count). The van der Waals surface area contributed by atoms with Gasteiger partial charge in [0.2, 0.25) is 0 Å². The van der Waals surface area contributed by atoms with Crippen LogP contribution in [0.15, 0.2) is 82.6 Å². The highest BCUT2D eigenvalue weighted by molar-refractivity contribution is 7.99. The Labute approximate surface area is 213 Å². The van der Waals surface area contributed by atoms with Crippen molar-refractivity contribution >= 4 is 41.5 Å². The van der Waals surface area contributed by atoms with Gasteiger partial charge in [0, 0.05) is 29.3 Å². The summed E-state index contributed by atoms with van der Waals surface area (Å²) >= 11 is 1.88. The maximum absolute atomic E-state index is 10.4. The number of hydrogen-bond acceptors (Lipinski definition) is 6. The predicted octanol–water partition coefficient (Wildman–Crippen LogP) is 6.76. The van der Waals surface area contributed by atoms with Crippen LogP contribution in [0.3, 0.4) is 0 Å². The number of aromatic hydroxyl groups is 1. The van der Waals surface area contributed by atoms with Gasteiger partial charge in [-0.3, -0.25) is 9.69 Å². The highest BCUT2D eigenvalue weighted by Gasteiger charge is 2.25. The molecule has 1 heterocycles. The summed E-state index contributed by atoms with van der Waals surface area (Å²) in [7, 11) is 0. The van der Waals surface area contributed by atoms with E-state index < -0.39 is 0 Å². The molecule has 0 radical (unpaired) electrons. The number of rotatable bonds is 6. The molecular weight excluding hydrogens is 468 g/mol. The number of ether oxygens (including phenoxy) is 1. The summed E-state index contributed by atoms with van der Waals surface area (Å²) in [5.74, 6) is 0.229. The highest BCUT2D eigenvalue weighted by atomic mass is 35.5. The van der Waals surface area contributed by atoms with Crippen LogP contribution in [0.2, 0.25) is 0 Å². The molecule has 3 aromatic carbocycles. The zero-order valence-electron chi connectivity index (χ0n) is 20.1. The Balaban J connectivity index is 0.000000289. The number of hydrogen-bond donors (Lipinski definition) is 1. The lowest BCUT2D eigenvalue weighted by Gasteiger charge is -2.37. The molecule has 0 aromatic heterocycles. The number of fused-ring (bicyclic) bond motifs is 2. The Morgan fingerprint density at radius 3 is 1.91 bits per heavy atom. The van der Waals surface area contributed by atoms with E-state index in [0.717, 1.165) is 19.6 Å².